The maximum Gasteiger partial charge on any atom is 0.211 e. The molecule has 0 fully saturated rings. The molecule has 0 aliphatic rings. The molecule has 0 heterocycles. The van der Waals surface area contributed by atoms with Gasteiger partial charge in [-0.25, -0.2) is 0 Å². The summed E-state index contributed by atoms with van der Waals surface area (Å²) in [5.74, 6) is -0.203. The molecule has 74 valence electrons. The number of carbonyl (C=O) groups is 1. The average molecular weight is 185 g/mol. The second-order valence-corrected chi connectivity index (χ2v) is 2.77. The Bertz CT molecular complexity index is 154. The molecule has 2 unspecified atom stereocenters. The second kappa shape index (κ2) is 6.92. The Morgan fingerprint density at radius 2 is 2.15 bits per heavy atom. The third-order valence-electron chi connectivity index (χ3n) is 1.82. The van der Waals surface area contributed by atoms with Crippen molar-refractivity contribution >= 4 is 13.8 Å². The highest BCUT2D eigenvalue weighted by Gasteiger charge is 2.17. The topological polar surface area (TPSA) is 47.6 Å². The zero-order valence-electron chi connectivity index (χ0n) is 8.37. The van der Waals surface area contributed by atoms with E-state index in [-0.39, 0.29) is 24.4 Å². The number of ether oxygens (including phenoxy) is 2. The summed E-state index contributed by atoms with van der Waals surface area (Å²) in [5.41, 5.74) is 0. The van der Waals surface area contributed by atoms with E-state index in [0.29, 0.717) is 6.61 Å². The van der Waals surface area contributed by atoms with Crippen LogP contribution in [0.15, 0.2) is 0 Å². The minimum Gasteiger partial charge on any atom is -0.382 e. The van der Waals surface area contributed by atoms with Gasteiger partial charge in [-0.1, -0.05) is 0 Å². The lowest BCUT2D eigenvalue weighted by Crippen LogP contribution is -2.45. The first-order valence-corrected chi connectivity index (χ1v) is 4.16. The van der Waals surface area contributed by atoms with Gasteiger partial charge in [-0.3, -0.25) is 4.79 Å². The summed E-state index contributed by atoms with van der Waals surface area (Å²) in [6.45, 7) is 2.28. The van der Waals surface area contributed by atoms with Gasteiger partial charge < -0.3 is 14.8 Å². The highest BCUT2D eigenvalue weighted by molar-refractivity contribution is 6.19. The number of carbonyl (C=O) groups excluding carboxylic acids is 1. The number of methoxy groups -OCH3 is 2. The van der Waals surface area contributed by atoms with E-state index in [1.165, 1.54) is 0 Å². The van der Waals surface area contributed by atoms with E-state index in [0.717, 1.165) is 0 Å². The summed E-state index contributed by atoms with van der Waals surface area (Å²) in [6, 6.07) is -0.147. The number of rotatable bonds is 6. The Hall–Kier alpha value is -0.545. The van der Waals surface area contributed by atoms with Gasteiger partial charge in [-0.15, -0.1) is 0 Å². The van der Waals surface area contributed by atoms with Crippen LogP contribution < -0.4 is 5.32 Å². The summed E-state index contributed by atoms with van der Waals surface area (Å²) in [7, 11) is 8.32. The molecule has 0 aromatic heterocycles. The number of hydrogen-bond acceptors (Lipinski definition) is 3. The van der Waals surface area contributed by atoms with Gasteiger partial charge in [0.15, 0.2) is 0 Å². The van der Waals surface area contributed by atoms with Crippen LogP contribution in [0.4, 0.5) is 0 Å². The summed E-state index contributed by atoms with van der Waals surface area (Å²) < 4.78 is 10.0. The Morgan fingerprint density at radius 3 is 2.54 bits per heavy atom. The van der Waals surface area contributed by atoms with E-state index in [1.54, 1.807) is 14.2 Å². The number of hydrogen-bond donors (Lipinski definition) is 1. The van der Waals surface area contributed by atoms with Gasteiger partial charge >= 0.3 is 0 Å². The van der Waals surface area contributed by atoms with Gasteiger partial charge in [0.1, 0.15) is 0 Å². The molecule has 0 aromatic carbocycles. The average Bonchev–Trinajstić information content (AvgIpc) is 2.15. The third-order valence-corrected chi connectivity index (χ3v) is 1.82. The summed E-state index contributed by atoms with van der Waals surface area (Å²) in [6.07, 6.45) is -0.105. The van der Waals surface area contributed by atoms with E-state index < -0.39 is 0 Å². The van der Waals surface area contributed by atoms with Gasteiger partial charge in [0.2, 0.25) is 5.91 Å². The molecule has 0 rings (SSSR count). The molecule has 0 bridgehead atoms. The largest absolute Gasteiger partial charge is 0.382 e. The lowest BCUT2D eigenvalue weighted by molar-refractivity contribution is -0.121. The van der Waals surface area contributed by atoms with Crippen LogP contribution in [-0.2, 0) is 14.3 Å². The van der Waals surface area contributed by atoms with E-state index >= 15 is 0 Å². The number of amides is 1. The highest BCUT2D eigenvalue weighted by Crippen LogP contribution is 1.98. The standard InChI is InChI=1S/C8H16BNO3/c1-6(13-3)7(5-12-2)10-8(11)4-9/h6-7H,4-5H2,1-3H3,(H,10,11). The van der Waals surface area contributed by atoms with Crippen molar-refractivity contribution in [3.8, 4) is 0 Å². The van der Waals surface area contributed by atoms with Crippen LogP contribution in [-0.4, -0.2) is 46.7 Å². The lowest BCUT2D eigenvalue weighted by Gasteiger charge is -2.23. The monoisotopic (exact) mass is 185 g/mol. The van der Waals surface area contributed by atoms with Crippen LogP contribution in [0.5, 0.6) is 0 Å². The fourth-order valence-corrected chi connectivity index (χ4v) is 0.904. The van der Waals surface area contributed by atoms with E-state index in [1.807, 2.05) is 6.92 Å². The molecule has 1 amide bonds. The quantitative estimate of drug-likeness (QED) is 0.580. The molecule has 13 heavy (non-hydrogen) atoms. The summed E-state index contributed by atoms with van der Waals surface area (Å²) in [4.78, 5) is 11.0. The Balaban J connectivity index is 4.00. The van der Waals surface area contributed by atoms with Crippen molar-refractivity contribution in [1.29, 1.82) is 0 Å². The van der Waals surface area contributed by atoms with Crippen LogP contribution in [0.3, 0.4) is 0 Å². The van der Waals surface area contributed by atoms with Gasteiger partial charge in [0, 0.05) is 14.2 Å². The van der Waals surface area contributed by atoms with E-state index in [2.05, 4.69) is 5.32 Å². The highest BCUT2D eigenvalue weighted by atomic mass is 16.5. The molecule has 0 aliphatic carbocycles. The van der Waals surface area contributed by atoms with Crippen molar-refractivity contribution in [2.75, 3.05) is 20.8 Å². The zero-order chi connectivity index (χ0) is 10.3. The van der Waals surface area contributed by atoms with Crippen molar-refractivity contribution < 1.29 is 14.3 Å². The molecule has 0 aromatic rings. The molecule has 0 saturated carbocycles. The van der Waals surface area contributed by atoms with Crippen LogP contribution in [0.2, 0.25) is 6.32 Å². The maximum atomic E-state index is 11.0. The minimum atomic E-state index is -0.203. The van der Waals surface area contributed by atoms with Crippen molar-refractivity contribution in [1.82, 2.24) is 5.32 Å². The summed E-state index contributed by atoms with van der Waals surface area (Å²) >= 11 is 0. The lowest BCUT2D eigenvalue weighted by atomic mass is 10.0. The Morgan fingerprint density at radius 1 is 1.54 bits per heavy atom. The van der Waals surface area contributed by atoms with Crippen LogP contribution in [0, 0.1) is 0 Å². The molecular formula is C8H16BNO3. The molecule has 2 atom stereocenters. The van der Waals surface area contributed by atoms with Gasteiger partial charge in [0.25, 0.3) is 0 Å². The first kappa shape index (κ1) is 12.5. The smallest absolute Gasteiger partial charge is 0.211 e. The van der Waals surface area contributed by atoms with E-state index in [9.17, 15) is 4.79 Å². The summed E-state index contributed by atoms with van der Waals surface area (Å²) in [5, 5.41) is 2.70. The van der Waals surface area contributed by atoms with Gasteiger partial charge in [-0.2, -0.15) is 0 Å². The normalized spacial score (nSPS) is 15.0. The first-order chi connectivity index (χ1) is 6.15. The molecule has 5 heteroatoms. The van der Waals surface area contributed by atoms with Crippen molar-refractivity contribution in [2.24, 2.45) is 0 Å². The number of nitrogens with one attached hydrogen (secondary N) is 1. The Kier molecular flexibility index (Phi) is 6.63. The van der Waals surface area contributed by atoms with Gasteiger partial charge in [-0.05, 0) is 13.2 Å². The molecule has 4 nitrogen and oxygen atoms in total. The van der Waals surface area contributed by atoms with Crippen molar-refractivity contribution in [2.45, 2.75) is 25.4 Å². The molecule has 0 spiro atoms. The molecule has 0 aliphatic heterocycles. The van der Waals surface area contributed by atoms with Crippen molar-refractivity contribution in [3.05, 3.63) is 0 Å². The van der Waals surface area contributed by atoms with Crippen LogP contribution in [0.25, 0.3) is 0 Å². The van der Waals surface area contributed by atoms with Crippen molar-refractivity contribution in [3.63, 3.8) is 0 Å². The fraction of sp³-hybridized carbons (Fsp3) is 0.875. The Labute approximate surface area is 80.4 Å². The van der Waals surface area contributed by atoms with E-state index in [4.69, 9.17) is 17.3 Å². The fourth-order valence-electron chi connectivity index (χ4n) is 0.904. The molecule has 1 N–H and O–H groups in total. The second-order valence-electron chi connectivity index (χ2n) is 2.77. The minimum absolute atomic E-state index is 0.0172. The molecular weight excluding hydrogens is 169 g/mol. The SMILES string of the molecule is [B]CC(=O)NC(COC)C(C)OC. The van der Waals surface area contributed by atoms with Crippen LogP contribution >= 0.6 is 0 Å². The van der Waals surface area contributed by atoms with Gasteiger partial charge in [0.05, 0.1) is 26.6 Å². The molecule has 2 radical (unpaired) electrons. The zero-order valence-corrected chi connectivity index (χ0v) is 8.37. The first-order valence-electron chi connectivity index (χ1n) is 4.16. The van der Waals surface area contributed by atoms with Crippen LogP contribution in [0.1, 0.15) is 6.92 Å². The maximum absolute atomic E-state index is 11.0. The predicted molar refractivity (Wildman–Crippen MR) is 50.8 cm³/mol. The molecule has 0 saturated heterocycles. The third kappa shape index (κ3) is 4.90. The predicted octanol–water partition coefficient (Wildman–Crippen LogP) is -0.261.